The second-order valence-electron chi connectivity index (χ2n) is 9.71. The van der Waals surface area contributed by atoms with Crippen LogP contribution in [0.2, 0.25) is 0 Å². The molecule has 0 nitrogen and oxygen atoms in total. The van der Waals surface area contributed by atoms with E-state index in [9.17, 15) is 0 Å². The summed E-state index contributed by atoms with van der Waals surface area (Å²) < 4.78 is 0. The number of fused-ring (bicyclic) bond motifs is 2. The van der Waals surface area contributed by atoms with E-state index in [2.05, 4.69) is 135 Å². The van der Waals surface area contributed by atoms with Crippen molar-refractivity contribution < 1.29 is 0 Å². The molecule has 0 spiro atoms. The molecule has 7 rings (SSSR count). The van der Waals surface area contributed by atoms with Gasteiger partial charge in [0.25, 0.3) is 0 Å². The molecule has 7 aromatic carbocycles. The lowest BCUT2D eigenvalue weighted by Crippen LogP contribution is -2.05. The smallest absolute Gasteiger partial charge is 0.00172 e. The summed E-state index contributed by atoms with van der Waals surface area (Å²) in [6.45, 7) is 4.65. The van der Waals surface area contributed by atoms with Crippen molar-refractivity contribution in [1.82, 2.24) is 0 Å². The Kier molecular flexibility index (Phi) is 4.69. The van der Waals surface area contributed by atoms with Crippen molar-refractivity contribution in [3.8, 4) is 44.5 Å². The average Bonchev–Trinajstić information content (AvgIpc) is 2.89. The fourth-order valence-corrected chi connectivity index (χ4v) is 6.20. The largest absolute Gasteiger partial charge is 0.0622 e. The number of benzene rings is 5. The van der Waals surface area contributed by atoms with Crippen LogP contribution in [0.1, 0.15) is 11.1 Å². The van der Waals surface area contributed by atoms with Crippen LogP contribution in [0.5, 0.6) is 0 Å². The van der Waals surface area contributed by atoms with Crippen molar-refractivity contribution in [1.29, 1.82) is 0 Å². The van der Waals surface area contributed by atoms with Gasteiger partial charge >= 0.3 is 0 Å². The Morgan fingerprint density at radius 1 is 0.278 bits per heavy atom. The van der Waals surface area contributed by atoms with Gasteiger partial charge in [0.1, 0.15) is 0 Å². The molecule has 0 aliphatic heterocycles. The predicted molar refractivity (Wildman–Crippen MR) is 155 cm³/mol. The minimum Gasteiger partial charge on any atom is -0.0622 e. The zero-order chi connectivity index (χ0) is 24.2. The molecule has 0 aromatic heterocycles. The van der Waals surface area contributed by atoms with Gasteiger partial charge in [0.05, 0.1) is 0 Å². The van der Waals surface area contributed by atoms with E-state index in [0.29, 0.717) is 0 Å². The van der Waals surface area contributed by atoms with Crippen LogP contribution in [-0.2, 0) is 0 Å². The van der Waals surface area contributed by atoms with Gasteiger partial charge < -0.3 is 0 Å². The molecular formula is C36H26. The molecule has 36 heavy (non-hydrogen) atoms. The predicted octanol–water partition coefficient (Wildman–Crippen LogP) is 10.2. The Labute approximate surface area is 212 Å². The summed E-state index contributed by atoms with van der Waals surface area (Å²) in [6, 6.07) is 43.6. The number of hydrogen-bond acceptors (Lipinski definition) is 0. The van der Waals surface area contributed by atoms with Crippen molar-refractivity contribution in [3.05, 3.63) is 132 Å². The highest BCUT2D eigenvalue weighted by Gasteiger charge is 2.31. The quantitative estimate of drug-likeness (QED) is 0.246. The van der Waals surface area contributed by atoms with Crippen molar-refractivity contribution >= 4 is 21.5 Å². The second kappa shape index (κ2) is 8.07. The number of hydrogen-bond donors (Lipinski definition) is 0. The Balaban J connectivity index is 1.63. The third kappa shape index (κ3) is 2.88. The molecule has 0 heteroatoms. The highest BCUT2D eigenvalue weighted by molar-refractivity contribution is 6.32. The zero-order valence-corrected chi connectivity index (χ0v) is 20.5. The van der Waals surface area contributed by atoms with E-state index in [1.165, 1.54) is 77.2 Å². The molecule has 0 saturated carbocycles. The second-order valence-corrected chi connectivity index (χ2v) is 9.71. The Bertz CT molecular complexity index is 1530. The van der Waals surface area contributed by atoms with Crippen LogP contribution in [0, 0.1) is 13.8 Å². The summed E-state index contributed by atoms with van der Waals surface area (Å²) in [6.07, 6.45) is 0. The van der Waals surface area contributed by atoms with E-state index in [0.717, 1.165) is 0 Å². The molecule has 0 radical (unpaired) electrons. The molecule has 0 heterocycles. The highest BCUT2D eigenvalue weighted by Crippen LogP contribution is 2.57. The molecule has 0 unspecified atom stereocenters. The Morgan fingerprint density at radius 2 is 0.472 bits per heavy atom. The van der Waals surface area contributed by atoms with Crippen molar-refractivity contribution in [2.75, 3.05) is 0 Å². The first-order valence-corrected chi connectivity index (χ1v) is 12.6. The van der Waals surface area contributed by atoms with Gasteiger partial charge in [-0.25, -0.2) is 0 Å². The molecule has 0 atom stereocenters. The fourth-order valence-electron chi connectivity index (χ4n) is 6.20. The van der Waals surface area contributed by atoms with Gasteiger partial charge in [-0.3, -0.25) is 0 Å². The van der Waals surface area contributed by atoms with E-state index in [-0.39, 0.29) is 0 Å². The minimum absolute atomic E-state index is 1.29. The van der Waals surface area contributed by atoms with Crippen LogP contribution in [0.15, 0.2) is 121 Å². The summed E-state index contributed by atoms with van der Waals surface area (Å²) in [7, 11) is 0. The summed E-state index contributed by atoms with van der Waals surface area (Å²) >= 11 is 0. The Morgan fingerprint density at radius 3 is 0.667 bits per heavy atom. The summed E-state index contributed by atoms with van der Waals surface area (Å²) in [5, 5.41) is 5.65. The van der Waals surface area contributed by atoms with Crippen LogP contribution in [0.25, 0.3) is 66.1 Å². The topological polar surface area (TPSA) is 0 Å². The van der Waals surface area contributed by atoms with E-state index in [1.807, 2.05) is 0 Å². The van der Waals surface area contributed by atoms with Gasteiger partial charge in [-0.2, -0.15) is 0 Å². The fraction of sp³-hybridized carbons (Fsp3) is 0.0556. The molecule has 0 aliphatic carbocycles. The van der Waals surface area contributed by atoms with Crippen LogP contribution >= 0.6 is 0 Å². The van der Waals surface area contributed by atoms with Gasteiger partial charge in [-0.05, 0) is 91.0 Å². The first-order valence-electron chi connectivity index (χ1n) is 12.6. The van der Waals surface area contributed by atoms with E-state index in [1.54, 1.807) is 0 Å². The van der Waals surface area contributed by atoms with Crippen molar-refractivity contribution in [2.45, 2.75) is 13.8 Å². The SMILES string of the molecule is Cc1c2c(-c3ccccc3)c(-c3ccccc3)c2c(C)c2c(-c3ccccc3)c(-c3ccccc3)c12. The van der Waals surface area contributed by atoms with Crippen LogP contribution in [0.4, 0.5) is 0 Å². The maximum atomic E-state index is 2.33. The summed E-state index contributed by atoms with van der Waals surface area (Å²) in [5.74, 6) is 0. The monoisotopic (exact) mass is 458 g/mol. The molecule has 0 amide bonds. The standard InChI is InChI=1S/C36H26/c1-23-29-31(35(27-19-11-5-12-20-27)33(29)25-15-7-3-8-16-25)24(2)32-30(23)34(26-17-9-4-10-18-26)36(32)28-21-13-6-14-22-28/h3-22H,1-2H3. The highest BCUT2D eigenvalue weighted by atomic mass is 14.3. The zero-order valence-electron chi connectivity index (χ0n) is 20.5. The van der Waals surface area contributed by atoms with Crippen LogP contribution < -0.4 is 0 Å². The lowest BCUT2D eigenvalue weighted by molar-refractivity contribution is 1.48. The van der Waals surface area contributed by atoms with E-state index >= 15 is 0 Å². The average molecular weight is 459 g/mol. The normalized spacial score (nSPS) is 11.6. The molecule has 0 saturated heterocycles. The summed E-state index contributed by atoms with van der Waals surface area (Å²) in [4.78, 5) is 0. The van der Waals surface area contributed by atoms with Crippen LogP contribution in [-0.4, -0.2) is 0 Å². The summed E-state index contributed by atoms with van der Waals surface area (Å²) in [5.41, 5.74) is 13.4. The molecule has 170 valence electrons. The van der Waals surface area contributed by atoms with Gasteiger partial charge in [0.15, 0.2) is 0 Å². The van der Waals surface area contributed by atoms with Crippen LogP contribution in [0.3, 0.4) is 0 Å². The lowest BCUT2D eigenvalue weighted by atomic mass is 9.71. The number of aryl methyl sites for hydroxylation is 2. The molecule has 0 aliphatic rings. The van der Waals surface area contributed by atoms with E-state index in [4.69, 9.17) is 0 Å². The van der Waals surface area contributed by atoms with Crippen molar-refractivity contribution in [2.24, 2.45) is 0 Å². The molecule has 0 N–H and O–H groups in total. The van der Waals surface area contributed by atoms with Gasteiger partial charge in [0.2, 0.25) is 0 Å². The third-order valence-electron chi connectivity index (χ3n) is 7.75. The first-order chi connectivity index (χ1) is 17.8. The molecule has 0 bridgehead atoms. The molecule has 0 fully saturated rings. The van der Waals surface area contributed by atoms with Gasteiger partial charge in [-0.1, -0.05) is 121 Å². The van der Waals surface area contributed by atoms with Gasteiger partial charge in [0, 0.05) is 0 Å². The van der Waals surface area contributed by atoms with Gasteiger partial charge in [-0.15, -0.1) is 0 Å². The number of rotatable bonds is 4. The maximum Gasteiger partial charge on any atom is -0.00172 e. The van der Waals surface area contributed by atoms with Crippen molar-refractivity contribution in [3.63, 3.8) is 0 Å². The molecule has 7 aromatic rings. The minimum atomic E-state index is 1.29. The maximum absolute atomic E-state index is 2.33. The first kappa shape index (κ1) is 20.9. The molecular weight excluding hydrogens is 432 g/mol. The Hall–Kier alpha value is -4.42. The lowest BCUT2D eigenvalue weighted by Gasteiger charge is -2.31. The van der Waals surface area contributed by atoms with E-state index < -0.39 is 0 Å². The third-order valence-corrected chi connectivity index (χ3v) is 7.75.